The second-order valence-corrected chi connectivity index (χ2v) is 5.95. The molecule has 1 saturated carbocycles. The lowest BCUT2D eigenvalue weighted by Gasteiger charge is -2.42. The fourth-order valence-electron chi connectivity index (χ4n) is 2.93. The lowest BCUT2D eigenvalue weighted by molar-refractivity contribution is -0.133. The molecule has 0 aliphatic heterocycles. The van der Waals surface area contributed by atoms with E-state index < -0.39 is 12.6 Å². The van der Waals surface area contributed by atoms with Crippen LogP contribution in [0.2, 0.25) is 0 Å². The highest BCUT2D eigenvalue weighted by Gasteiger charge is 2.37. The van der Waals surface area contributed by atoms with Crippen LogP contribution in [0.15, 0.2) is 0 Å². The molecule has 0 unspecified atom stereocenters. The van der Waals surface area contributed by atoms with Crippen LogP contribution < -0.4 is 5.32 Å². The molecule has 0 amide bonds. The first-order valence-corrected chi connectivity index (χ1v) is 6.96. The van der Waals surface area contributed by atoms with Gasteiger partial charge in [-0.2, -0.15) is 18.4 Å². The van der Waals surface area contributed by atoms with Crippen LogP contribution in [0, 0.1) is 22.7 Å². The SMILES string of the molecule is CC(C)[C@]1(CC#N)CC[C@H](NCCC(F)(F)F)CC1. The van der Waals surface area contributed by atoms with Gasteiger partial charge in [0.05, 0.1) is 12.5 Å². The van der Waals surface area contributed by atoms with E-state index >= 15 is 0 Å². The molecule has 0 saturated heterocycles. The van der Waals surface area contributed by atoms with Crippen molar-refractivity contribution in [1.82, 2.24) is 5.32 Å². The van der Waals surface area contributed by atoms with Crippen LogP contribution in [-0.2, 0) is 0 Å². The molecule has 1 aliphatic rings. The molecule has 0 spiro atoms. The molecule has 0 aromatic carbocycles. The van der Waals surface area contributed by atoms with Gasteiger partial charge in [-0.1, -0.05) is 13.8 Å². The van der Waals surface area contributed by atoms with Gasteiger partial charge in [-0.05, 0) is 37.0 Å². The van der Waals surface area contributed by atoms with Crippen LogP contribution in [0.4, 0.5) is 13.2 Å². The molecule has 2 nitrogen and oxygen atoms in total. The standard InChI is InChI=1S/C14H23F3N2/c1-11(2)13(7-9-18)5-3-12(4-6-13)19-10-8-14(15,16)17/h11-12,19H,3-8,10H2,1-2H3/t12-,13+. The second-order valence-electron chi connectivity index (χ2n) is 5.95. The van der Waals surface area contributed by atoms with E-state index in [1.54, 1.807) is 0 Å². The first-order chi connectivity index (χ1) is 8.79. The van der Waals surface area contributed by atoms with Crippen molar-refractivity contribution in [3.8, 4) is 6.07 Å². The van der Waals surface area contributed by atoms with E-state index in [-0.39, 0.29) is 18.0 Å². The van der Waals surface area contributed by atoms with Crippen LogP contribution >= 0.6 is 0 Å². The van der Waals surface area contributed by atoms with Crippen molar-refractivity contribution in [2.45, 2.75) is 64.6 Å². The predicted molar refractivity (Wildman–Crippen MR) is 68.4 cm³/mol. The van der Waals surface area contributed by atoms with Crippen molar-refractivity contribution < 1.29 is 13.2 Å². The van der Waals surface area contributed by atoms with Crippen LogP contribution in [0.25, 0.3) is 0 Å². The van der Waals surface area contributed by atoms with E-state index in [4.69, 9.17) is 5.26 Å². The fourth-order valence-corrected chi connectivity index (χ4v) is 2.93. The van der Waals surface area contributed by atoms with Gasteiger partial charge in [-0.3, -0.25) is 0 Å². The minimum atomic E-state index is -4.08. The minimum absolute atomic E-state index is 0.00109. The highest BCUT2D eigenvalue weighted by Crippen LogP contribution is 2.45. The van der Waals surface area contributed by atoms with Gasteiger partial charge in [0.25, 0.3) is 0 Å². The number of nitrogens with zero attached hydrogens (tertiary/aromatic N) is 1. The van der Waals surface area contributed by atoms with Crippen molar-refractivity contribution in [2.24, 2.45) is 11.3 Å². The summed E-state index contributed by atoms with van der Waals surface area (Å²) in [5.41, 5.74) is 0.0664. The maximum Gasteiger partial charge on any atom is 0.390 e. The van der Waals surface area contributed by atoms with Gasteiger partial charge in [0, 0.05) is 19.0 Å². The number of alkyl halides is 3. The minimum Gasteiger partial charge on any atom is -0.314 e. The molecule has 0 heterocycles. The number of hydrogen-bond acceptors (Lipinski definition) is 2. The average Bonchev–Trinajstić information content (AvgIpc) is 2.30. The number of rotatable bonds is 5. The summed E-state index contributed by atoms with van der Waals surface area (Å²) in [6.07, 6.45) is -0.680. The molecule has 1 fully saturated rings. The topological polar surface area (TPSA) is 35.8 Å². The fraction of sp³-hybridized carbons (Fsp3) is 0.929. The molecule has 0 radical (unpaired) electrons. The molecule has 0 aromatic rings. The van der Waals surface area contributed by atoms with Gasteiger partial charge in [-0.25, -0.2) is 0 Å². The van der Waals surface area contributed by atoms with Gasteiger partial charge in [0.15, 0.2) is 0 Å². The van der Waals surface area contributed by atoms with E-state index in [2.05, 4.69) is 25.2 Å². The average molecular weight is 276 g/mol. The predicted octanol–water partition coefficient (Wildman–Crippen LogP) is 4.03. The Balaban J connectivity index is 2.38. The zero-order chi connectivity index (χ0) is 14.5. The van der Waals surface area contributed by atoms with Crippen LogP contribution in [0.3, 0.4) is 0 Å². The Labute approximate surface area is 113 Å². The molecule has 5 heteroatoms. The number of nitriles is 1. The monoisotopic (exact) mass is 276 g/mol. The Hall–Kier alpha value is -0.760. The molecular formula is C14H23F3N2. The second kappa shape index (κ2) is 6.60. The highest BCUT2D eigenvalue weighted by molar-refractivity contribution is 4.95. The number of nitrogens with one attached hydrogen (secondary N) is 1. The van der Waals surface area contributed by atoms with Gasteiger partial charge in [0.1, 0.15) is 0 Å². The third-order valence-corrected chi connectivity index (χ3v) is 4.48. The zero-order valence-electron chi connectivity index (χ0n) is 11.7. The molecule has 1 N–H and O–H groups in total. The van der Waals surface area contributed by atoms with E-state index in [1.807, 2.05) is 0 Å². The van der Waals surface area contributed by atoms with Crippen molar-refractivity contribution in [3.63, 3.8) is 0 Å². The van der Waals surface area contributed by atoms with E-state index in [1.165, 1.54) is 0 Å². The summed E-state index contributed by atoms with van der Waals surface area (Å²) < 4.78 is 36.2. The lowest BCUT2D eigenvalue weighted by atomic mass is 9.64. The molecule has 110 valence electrons. The molecular weight excluding hydrogens is 253 g/mol. The van der Waals surface area contributed by atoms with Gasteiger partial charge >= 0.3 is 6.18 Å². The molecule has 0 aromatic heterocycles. The number of halogens is 3. The summed E-state index contributed by atoms with van der Waals surface area (Å²) >= 11 is 0. The molecule has 19 heavy (non-hydrogen) atoms. The van der Waals surface area contributed by atoms with Crippen molar-refractivity contribution in [1.29, 1.82) is 5.26 Å². The third-order valence-electron chi connectivity index (χ3n) is 4.48. The molecule has 0 bridgehead atoms. The van der Waals surface area contributed by atoms with Crippen LogP contribution in [0.5, 0.6) is 0 Å². The zero-order valence-corrected chi connectivity index (χ0v) is 11.7. The normalized spacial score (nSPS) is 28.4. The molecule has 1 aliphatic carbocycles. The lowest BCUT2D eigenvalue weighted by Crippen LogP contribution is -2.40. The van der Waals surface area contributed by atoms with E-state index in [9.17, 15) is 13.2 Å². The van der Waals surface area contributed by atoms with Crippen LogP contribution in [0.1, 0.15) is 52.4 Å². The van der Waals surface area contributed by atoms with Crippen LogP contribution in [-0.4, -0.2) is 18.8 Å². The Bertz CT molecular complexity index is 310. The Morgan fingerprint density at radius 3 is 2.32 bits per heavy atom. The van der Waals surface area contributed by atoms with Gasteiger partial charge in [0.2, 0.25) is 0 Å². The van der Waals surface area contributed by atoms with Gasteiger partial charge in [-0.15, -0.1) is 0 Å². The largest absolute Gasteiger partial charge is 0.390 e. The summed E-state index contributed by atoms with van der Waals surface area (Å²) in [7, 11) is 0. The quantitative estimate of drug-likeness (QED) is 0.823. The maximum absolute atomic E-state index is 12.1. The summed E-state index contributed by atoms with van der Waals surface area (Å²) in [6, 6.07) is 2.44. The first kappa shape index (κ1) is 16.3. The summed E-state index contributed by atoms with van der Waals surface area (Å²) in [5.74, 6) is 0.447. The van der Waals surface area contributed by atoms with Gasteiger partial charge < -0.3 is 5.32 Å². The Kier molecular flexibility index (Phi) is 5.66. The smallest absolute Gasteiger partial charge is 0.314 e. The van der Waals surface area contributed by atoms with E-state index in [0.717, 1.165) is 25.7 Å². The summed E-state index contributed by atoms with van der Waals surface area (Å²) in [4.78, 5) is 0. The third kappa shape index (κ3) is 5.02. The molecule has 0 atom stereocenters. The summed E-state index contributed by atoms with van der Waals surface area (Å²) in [6.45, 7) is 4.27. The van der Waals surface area contributed by atoms with Crippen molar-refractivity contribution >= 4 is 0 Å². The maximum atomic E-state index is 12.1. The first-order valence-electron chi connectivity index (χ1n) is 6.96. The Morgan fingerprint density at radius 2 is 1.89 bits per heavy atom. The highest BCUT2D eigenvalue weighted by atomic mass is 19.4. The number of hydrogen-bond donors (Lipinski definition) is 1. The summed E-state index contributed by atoms with van der Waals surface area (Å²) in [5, 5.41) is 11.9. The Morgan fingerprint density at radius 1 is 1.32 bits per heavy atom. The molecule has 1 rings (SSSR count). The van der Waals surface area contributed by atoms with Crippen molar-refractivity contribution in [2.75, 3.05) is 6.54 Å². The van der Waals surface area contributed by atoms with E-state index in [0.29, 0.717) is 12.3 Å². The van der Waals surface area contributed by atoms with Crippen molar-refractivity contribution in [3.05, 3.63) is 0 Å².